The van der Waals surface area contributed by atoms with E-state index in [0.29, 0.717) is 19.0 Å². The number of likely N-dealkylation sites (tertiary alicyclic amines) is 2. The molecule has 306 valence electrons. The van der Waals surface area contributed by atoms with Crippen LogP contribution in [0.4, 0.5) is 5.95 Å². The molecule has 0 aliphatic carbocycles. The number of aromatic nitrogens is 4. The van der Waals surface area contributed by atoms with Crippen molar-refractivity contribution in [3.05, 3.63) is 120 Å². The highest BCUT2D eigenvalue weighted by atomic mass is 16.2. The van der Waals surface area contributed by atoms with E-state index in [1.165, 1.54) is 5.56 Å². The maximum absolute atomic E-state index is 14.3. The van der Waals surface area contributed by atoms with Crippen LogP contribution >= 0.6 is 0 Å². The molecule has 12 nitrogen and oxygen atoms in total. The van der Waals surface area contributed by atoms with Crippen LogP contribution in [-0.2, 0) is 9.59 Å². The summed E-state index contributed by atoms with van der Waals surface area (Å²) < 4.78 is 0. The fourth-order valence-corrected chi connectivity index (χ4v) is 8.98. The van der Waals surface area contributed by atoms with E-state index in [1.54, 1.807) is 18.5 Å². The average molecular weight is 793 g/mol. The zero-order valence-corrected chi connectivity index (χ0v) is 34.6. The topological polar surface area (TPSA) is 135 Å². The summed E-state index contributed by atoms with van der Waals surface area (Å²) in [6.07, 6.45) is 8.88. The van der Waals surface area contributed by atoms with Gasteiger partial charge in [0.1, 0.15) is 23.7 Å². The highest BCUT2D eigenvalue weighted by molar-refractivity contribution is 5.95. The summed E-state index contributed by atoms with van der Waals surface area (Å²) in [6, 6.07) is 28.4. The molecular formula is C47H56N10O2. The van der Waals surface area contributed by atoms with Gasteiger partial charge in [0.2, 0.25) is 17.8 Å². The third-order valence-electron chi connectivity index (χ3n) is 12.2. The minimum Gasteiger partial charge on any atom is -0.363 e. The Morgan fingerprint density at radius 1 is 0.780 bits per heavy atom. The minimum absolute atomic E-state index is 0.0346. The first kappa shape index (κ1) is 39.9. The van der Waals surface area contributed by atoms with Gasteiger partial charge in [0.05, 0.1) is 36.6 Å². The van der Waals surface area contributed by atoms with E-state index < -0.39 is 6.04 Å². The number of carbonyl (C=O) groups excluding carboxylic acids is 2. The van der Waals surface area contributed by atoms with E-state index in [4.69, 9.17) is 9.98 Å². The number of hydrogen-bond acceptors (Lipinski definition) is 9. The van der Waals surface area contributed by atoms with Crippen molar-refractivity contribution in [1.29, 1.82) is 0 Å². The van der Waals surface area contributed by atoms with Gasteiger partial charge in [-0.05, 0) is 78.6 Å². The zero-order chi connectivity index (χ0) is 40.9. The average Bonchev–Trinajstić information content (AvgIpc) is 4.12. The van der Waals surface area contributed by atoms with Gasteiger partial charge in [-0.1, -0.05) is 107 Å². The monoisotopic (exact) mass is 792 g/mol. The van der Waals surface area contributed by atoms with Gasteiger partial charge in [0.25, 0.3) is 0 Å². The van der Waals surface area contributed by atoms with Gasteiger partial charge in [-0.3, -0.25) is 19.5 Å². The van der Waals surface area contributed by atoms with Crippen LogP contribution in [0, 0.1) is 5.92 Å². The number of imidazole rings is 1. The molecule has 59 heavy (non-hydrogen) atoms. The first-order valence-electron chi connectivity index (χ1n) is 21.3. The molecule has 8 rings (SSSR count). The molecule has 2 amide bonds. The standard InChI is InChI=1S/C47H56N10O2/c1-5-55(6-2)42(36-13-8-7-9-14-36)46(59)57-28-11-16-40(57)44-51-30-38(53-44)35-23-19-33(20-24-35)32-17-21-34(22-18-32)37-29-50-43(52-37)39-15-10-27-56(39)45(58)41(31(3)4)54-47-48-25-12-26-49-47/h7-9,12-14,17-26,29,31,38-42H,5-6,10-11,15-16,27-28,30H2,1-4H3,(H,50,52)(H,51,53)(H,48,49,54)/t38?,39-,40-,41+,42+/m0/s1. The Hall–Kier alpha value is -5.88. The number of amidine groups is 1. The number of nitrogens with one attached hydrogen (secondary N) is 3. The SMILES string of the molecule is CCN(CC)[C@@H](C(=O)N1CCC[C@H]1C1=NCC(c2ccc(-c3ccc(-c4cnc([C@@H]5CCCN5C(=O)[C@H](Nc5ncccn5)C(C)C)[nH]4)cc3)cc2)N1)c1ccccc1. The predicted octanol–water partition coefficient (Wildman–Crippen LogP) is 7.45. The molecule has 0 bridgehead atoms. The maximum atomic E-state index is 14.3. The molecule has 1 unspecified atom stereocenters. The normalized spacial score (nSPS) is 20.2. The summed E-state index contributed by atoms with van der Waals surface area (Å²) in [5.41, 5.74) is 6.44. The van der Waals surface area contributed by atoms with Gasteiger partial charge in [0.15, 0.2) is 0 Å². The number of hydrogen-bond donors (Lipinski definition) is 3. The van der Waals surface area contributed by atoms with Gasteiger partial charge in [-0.2, -0.15) is 0 Å². The number of carbonyl (C=O) groups is 2. The predicted molar refractivity (Wildman–Crippen MR) is 232 cm³/mol. The number of likely N-dealkylation sites (N-methyl/N-ethyl adjacent to an activating group) is 1. The Morgan fingerprint density at radius 2 is 1.41 bits per heavy atom. The van der Waals surface area contributed by atoms with Gasteiger partial charge in [-0.15, -0.1) is 0 Å². The van der Waals surface area contributed by atoms with Crippen molar-refractivity contribution in [3.8, 4) is 22.4 Å². The van der Waals surface area contributed by atoms with Crippen molar-refractivity contribution >= 4 is 23.6 Å². The van der Waals surface area contributed by atoms with Crippen LogP contribution in [0.25, 0.3) is 22.4 Å². The lowest BCUT2D eigenvalue weighted by Gasteiger charge is -2.35. The van der Waals surface area contributed by atoms with Crippen molar-refractivity contribution in [2.45, 2.75) is 83.6 Å². The molecule has 2 saturated heterocycles. The summed E-state index contributed by atoms with van der Waals surface area (Å²) in [5.74, 6) is 2.44. The number of aliphatic imine (C=N–C) groups is 1. The summed E-state index contributed by atoms with van der Waals surface area (Å²) in [4.78, 5) is 56.2. The molecule has 0 spiro atoms. The second-order valence-electron chi connectivity index (χ2n) is 16.2. The van der Waals surface area contributed by atoms with Crippen LogP contribution in [0.1, 0.15) is 88.5 Å². The van der Waals surface area contributed by atoms with Crippen molar-refractivity contribution in [2.75, 3.05) is 38.0 Å². The number of amides is 2. The molecule has 5 atom stereocenters. The quantitative estimate of drug-likeness (QED) is 0.106. The van der Waals surface area contributed by atoms with E-state index >= 15 is 0 Å². The first-order chi connectivity index (χ1) is 28.8. The molecule has 3 N–H and O–H groups in total. The summed E-state index contributed by atoms with van der Waals surface area (Å²) in [6.45, 7) is 12.0. The number of aromatic amines is 1. The molecule has 0 saturated carbocycles. The van der Waals surface area contributed by atoms with Crippen molar-refractivity contribution in [1.82, 2.24) is 40.0 Å². The Balaban J connectivity index is 0.893. The van der Waals surface area contributed by atoms with Crippen molar-refractivity contribution < 1.29 is 9.59 Å². The molecule has 5 heterocycles. The van der Waals surface area contributed by atoms with Crippen molar-refractivity contribution in [3.63, 3.8) is 0 Å². The molecule has 5 aromatic rings. The van der Waals surface area contributed by atoms with Crippen LogP contribution in [-0.4, -0.2) is 97.1 Å². The Morgan fingerprint density at radius 3 is 2.07 bits per heavy atom. The number of anilines is 1. The molecule has 2 fully saturated rings. The largest absolute Gasteiger partial charge is 0.363 e. The summed E-state index contributed by atoms with van der Waals surface area (Å²) >= 11 is 0. The van der Waals surface area contributed by atoms with Gasteiger partial charge in [-0.25, -0.2) is 15.0 Å². The van der Waals surface area contributed by atoms with E-state index in [0.717, 1.165) is 84.9 Å². The zero-order valence-electron chi connectivity index (χ0n) is 34.6. The number of H-pyrrole nitrogens is 1. The molecule has 2 aromatic heterocycles. The summed E-state index contributed by atoms with van der Waals surface area (Å²) in [7, 11) is 0. The van der Waals surface area contributed by atoms with Crippen molar-refractivity contribution in [2.24, 2.45) is 10.9 Å². The molecule has 3 aromatic carbocycles. The minimum atomic E-state index is -0.439. The lowest BCUT2D eigenvalue weighted by Crippen LogP contribution is -2.49. The molecule has 3 aliphatic rings. The lowest BCUT2D eigenvalue weighted by molar-refractivity contribution is -0.137. The third kappa shape index (κ3) is 8.50. The fraction of sp³-hybridized carbons (Fsp3) is 0.404. The Labute approximate surface area is 347 Å². The number of nitrogens with zero attached hydrogens (tertiary/aromatic N) is 7. The maximum Gasteiger partial charge on any atom is 0.246 e. The first-order valence-corrected chi connectivity index (χ1v) is 21.3. The molecule has 0 radical (unpaired) electrons. The smallest absolute Gasteiger partial charge is 0.246 e. The molecular weight excluding hydrogens is 737 g/mol. The molecule has 12 heteroatoms. The van der Waals surface area contributed by atoms with E-state index in [-0.39, 0.29) is 41.9 Å². The van der Waals surface area contributed by atoms with Gasteiger partial charge in [0, 0.05) is 25.5 Å². The summed E-state index contributed by atoms with van der Waals surface area (Å²) in [5, 5.41) is 6.97. The van der Waals surface area contributed by atoms with Crippen LogP contribution in [0.3, 0.4) is 0 Å². The Bertz CT molecular complexity index is 2200. The third-order valence-corrected chi connectivity index (χ3v) is 12.2. The highest BCUT2D eigenvalue weighted by Gasteiger charge is 2.40. The van der Waals surface area contributed by atoms with Crippen LogP contribution in [0.5, 0.6) is 0 Å². The van der Waals surface area contributed by atoms with E-state index in [2.05, 4.69) is 110 Å². The van der Waals surface area contributed by atoms with E-state index in [9.17, 15) is 9.59 Å². The van der Waals surface area contributed by atoms with Gasteiger partial charge >= 0.3 is 0 Å². The Kier molecular flexibility index (Phi) is 12.1. The number of rotatable bonds is 14. The lowest BCUT2D eigenvalue weighted by atomic mass is 9.99. The highest BCUT2D eigenvalue weighted by Crippen LogP contribution is 2.34. The van der Waals surface area contributed by atoms with Crippen LogP contribution in [0.15, 0.2) is 109 Å². The number of benzene rings is 3. The van der Waals surface area contributed by atoms with Crippen LogP contribution in [0.2, 0.25) is 0 Å². The second-order valence-corrected chi connectivity index (χ2v) is 16.2. The van der Waals surface area contributed by atoms with Crippen LogP contribution < -0.4 is 10.6 Å². The van der Waals surface area contributed by atoms with E-state index in [1.807, 2.05) is 43.1 Å². The fourth-order valence-electron chi connectivity index (χ4n) is 8.98. The second kappa shape index (κ2) is 17.9. The van der Waals surface area contributed by atoms with Gasteiger partial charge < -0.3 is 25.4 Å². The molecule has 3 aliphatic heterocycles.